The minimum atomic E-state index is 0.135. The summed E-state index contributed by atoms with van der Waals surface area (Å²) in [5.41, 5.74) is 5.92. The second kappa shape index (κ2) is 7.22. The highest BCUT2D eigenvalue weighted by Crippen LogP contribution is 2.17. The van der Waals surface area contributed by atoms with Crippen LogP contribution in [-0.2, 0) is 0 Å². The third kappa shape index (κ3) is 5.25. The van der Waals surface area contributed by atoms with Crippen LogP contribution < -0.4 is 5.73 Å². The fourth-order valence-corrected chi connectivity index (χ4v) is 2.46. The van der Waals surface area contributed by atoms with E-state index in [0.717, 1.165) is 32.0 Å². The van der Waals surface area contributed by atoms with Crippen LogP contribution in [0.3, 0.4) is 0 Å². The SMILES string of the molecule is CN(C)CC1CCN(CC(N)CCO)CC1. The molecule has 1 atom stereocenters. The zero-order valence-corrected chi connectivity index (χ0v) is 10.7. The zero-order valence-electron chi connectivity index (χ0n) is 10.7. The van der Waals surface area contributed by atoms with E-state index in [1.54, 1.807) is 0 Å². The normalized spacial score (nSPS) is 21.6. The number of nitrogens with zero attached hydrogens (tertiary/aromatic N) is 2. The highest BCUT2D eigenvalue weighted by atomic mass is 16.3. The van der Waals surface area contributed by atoms with E-state index < -0.39 is 0 Å². The van der Waals surface area contributed by atoms with Gasteiger partial charge in [0.2, 0.25) is 0 Å². The summed E-state index contributed by atoms with van der Waals surface area (Å²) in [4.78, 5) is 4.71. The molecule has 1 saturated heterocycles. The summed E-state index contributed by atoms with van der Waals surface area (Å²) in [5, 5.41) is 8.80. The lowest BCUT2D eigenvalue weighted by Gasteiger charge is -2.34. The molecule has 0 bridgehead atoms. The molecule has 0 saturated carbocycles. The maximum absolute atomic E-state index is 8.80. The van der Waals surface area contributed by atoms with Crippen LogP contribution in [0.2, 0.25) is 0 Å². The largest absolute Gasteiger partial charge is 0.396 e. The summed E-state index contributed by atoms with van der Waals surface area (Å²) < 4.78 is 0. The van der Waals surface area contributed by atoms with Gasteiger partial charge < -0.3 is 20.6 Å². The molecule has 0 spiro atoms. The number of nitrogens with two attached hydrogens (primary N) is 1. The third-order valence-electron chi connectivity index (χ3n) is 3.32. The van der Waals surface area contributed by atoms with Crippen LogP contribution in [0.1, 0.15) is 19.3 Å². The van der Waals surface area contributed by atoms with Crippen molar-refractivity contribution < 1.29 is 5.11 Å². The van der Waals surface area contributed by atoms with Gasteiger partial charge in [-0.1, -0.05) is 0 Å². The summed E-state index contributed by atoms with van der Waals surface area (Å²) in [6, 6.07) is 0.135. The lowest BCUT2D eigenvalue weighted by atomic mass is 9.96. The summed E-state index contributed by atoms with van der Waals surface area (Å²) in [7, 11) is 4.28. The Morgan fingerprint density at radius 1 is 1.38 bits per heavy atom. The number of hydrogen-bond acceptors (Lipinski definition) is 4. The Morgan fingerprint density at radius 2 is 2.00 bits per heavy atom. The van der Waals surface area contributed by atoms with Gasteiger partial charge >= 0.3 is 0 Å². The lowest BCUT2D eigenvalue weighted by molar-refractivity contribution is 0.150. The Morgan fingerprint density at radius 3 is 2.50 bits per heavy atom. The van der Waals surface area contributed by atoms with Gasteiger partial charge in [-0.05, 0) is 52.4 Å². The molecule has 1 fully saturated rings. The van der Waals surface area contributed by atoms with Crippen LogP contribution in [0.25, 0.3) is 0 Å². The molecule has 1 unspecified atom stereocenters. The van der Waals surface area contributed by atoms with Crippen LogP contribution in [0, 0.1) is 5.92 Å². The molecule has 3 N–H and O–H groups in total. The molecular formula is C12H27N3O. The van der Waals surface area contributed by atoms with Crippen LogP contribution in [-0.4, -0.2) is 67.8 Å². The molecule has 1 rings (SSSR count). The van der Waals surface area contributed by atoms with E-state index in [0.29, 0.717) is 0 Å². The average molecular weight is 229 g/mol. The quantitative estimate of drug-likeness (QED) is 0.671. The van der Waals surface area contributed by atoms with Gasteiger partial charge in [-0.15, -0.1) is 0 Å². The van der Waals surface area contributed by atoms with Gasteiger partial charge in [0, 0.05) is 25.7 Å². The van der Waals surface area contributed by atoms with E-state index in [1.807, 2.05) is 0 Å². The minimum absolute atomic E-state index is 0.135. The van der Waals surface area contributed by atoms with E-state index in [2.05, 4.69) is 23.9 Å². The Balaban J connectivity index is 2.16. The van der Waals surface area contributed by atoms with Crippen LogP contribution in [0.15, 0.2) is 0 Å². The minimum Gasteiger partial charge on any atom is -0.396 e. The van der Waals surface area contributed by atoms with Gasteiger partial charge in [-0.25, -0.2) is 0 Å². The van der Waals surface area contributed by atoms with E-state index in [1.165, 1.54) is 19.4 Å². The molecule has 1 aliphatic rings. The maximum Gasteiger partial charge on any atom is 0.0446 e. The van der Waals surface area contributed by atoms with Crippen molar-refractivity contribution in [3.05, 3.63) is 0 Å². The predicted molar refractivity (Wildman–Crippen MR) is 67.4 cm³/mol. The van der Waals surface area contributed by atoms with Crippen molar-refractivity contribution >= 4 is 0 Å². The van der Waals surface area contributed by atoms with Gasteiger partial charge in [-0.3, -0.25) is 0 Å². The summed E-state index contributed by atoms with van der Waals surface area (Å²) in [6.45, 7) is 4.68. The van der Waals surface area contributed by atoms with Crippen molar-refractivity contribution in [3.8, 4) is 0 Å². The molecule has 0 aromatic rings. The Kier molecular flexibility index (Phi) is 6.28. The number of aliphatic hydroxyl groups excluding tert-OH is 1. The van der Waals surface area contributed by atoms with Gasteiger partial charge in [0.15, 0.2) is 0 Å². The molecular weight excluding hydrogens is 202 g/mol. The average Bonchev–Trinajstić information content (AvgIpc) is 2.20. The van der Waals surface area contributed by atoms with Gasteiger partial charge in [-0.2, -0.15) is 0 Å². The number of piperidine rings is 1. The first-order valence-electron chi connectivity index (χ1n) is 6.35. The van der Waals surface area contributed by atoms with E-state index >= 15 is 0 Å². The fraction of sp³-hybridized carbons (Fsp3) is 1.00. The Bertz CT molecular complexity index is 179. The number of rotatable bonds is 6. The lowest BCUT2D eigenvalue weighted by Crippen LogP contribution is -2.43. The van der Waals surface area contributed by atoms with E-state index in [-0.39, 0.29) is 12.6 Å². The number of aliphatic hydroxyl groups is 1. The molecule has 16 heavy (non-hydrogen) atoms. The summed E-state index contributed by atoms with van der Waals surface area (Å²) in [6.07, 6.45) is 3.28. The van der Waals surface area contributed by atoms with Crippen LogP contribution in [0.4, 0.5) is 0 Å². The van der Waals surface area contributed by atoms with Crippen molar-refractivity contribution in [2.45, 2.75) is 25.3 Å². The molecule has 1 heterocycles. The van der Waals surface area contributed by atoms with E-state index in [9.17, 15) is 0 Å². The van der Waals surface area contributed by atoms with Crippen molar-refractivity contribution in [2.75, 3.05) is 46.9 Å². The van der Waals surface area contributed by atoms with Gasteiger partial charge in [0.05, 0.1) is 0 Å². The van der Waals surface area contributed by atoms with Crippen molar-refractivity contribution in [2.24, 2.45) is 11.7 Å². The molecule has 0 amide bonds. The summed E-state index contributed by atoms with van der Waals surface area (Å²) >= 11 is 0. The molecule has 0 radical (unpaired) electrons. The third-order valence-corrected chi connectivity index (χ3v) is 3.32. The highest BCUT2D eigenvalue weighted by molar-refractivity contribution is 4.76. The Labute approximate surface area is 99.4 Å². The highest BCUT2D eigenvalue weighted by Gasteiger charge is 2.20. The van der Waals surface area contributed by atoms with Crippen LogP contribution in [0.5, 0.6) is 0 Å². The van der Waals surface area contributed by atoms with Crippen molar-refractivity contribution in [3.63, 3.8) is 0 Å². The molecule has 0 aliphatic carbocycles. The van der Waals surface area contributed by atoms with E-state index in [4.69, 9.17) is 10.8 Å². The number of likely N-dealkylation sites (tertiary alicyclic amines) is 1. The van der Waals surface area contributed by atoms with Crippen LogP contribution >= 0.6 is 0 Å². The fourth-order valence-electron chi connectivity index (χ4n) is 2.46. The summed E-state index contributed by atoms with van der Waals surface area (Å²) in [5.74, 6) is 0.848. The molecule has 0 aromatic carbocycles. The van der Waals surface area contributed by atoms with Crippen molar-refractivity contribution in [1.82, 2.24) is 9.80 Å². The maximum atomic E-state index is 8.80. The smallest absolute Gasteiger partial charge is 0.0446 e. The second-order valence-corrected chi connectivity index (χ2v) is 5.28. The second-order valence-electron chi connectivity index (χ2n) is 5.28. The van der Waals surface area contributed by atoms with Gasteiger partial charge in [0.25, 0.3) is 0 Å². The first-order valence-corrected chi connectivity index (χ1v) is 6.35. The predicted octanol–water partition coefficient (Wildman–Crippen LogP) is -0.0303. The molecule has 4 nitrogen and oxygen atoms in total. The topological polar surface area (TPSA) is 52.7 Å². The monoisotopic (exact) mass is 229 g/mol. The molecule has 0 aromatic heterocycles. The number of hydrogen-bond donors (Lipinski definition) is 2. The first kappa shape index (κ1) is 13.9. The first-order chi connectivity index (χ1) is 7.61. The Hall–Kier alpha value is -0.160. The zero-order chi connectivity index (χ0) is 12.0. The van der Waals surface area contributed by atoms with Crippen molar-refractivity contribution in [1.29, 1.82) is 0 Å². The van der Waals surface area contributed by atoms with Gasteiger partial charge in [0.1, 0.15) is 0 Å². The molecule has 1 aliphatic heterocycles. The standard InChI is InChI=1S/C12H27N3O/c1-14(2)9-11-3-6-15(7-4-11)10-12(13)5-8-16/h11-12,16H,3-10,13H2,1-2H3. The molecule has 96 valence electrons. The molecule has 4 heteroatoms.